The van der Waals surface area contributed by atoms with Crippen LogP contribution in [0.2, 0.25) is 0 Å². The van der Waals surface area contributed by atoms with Crippen LogP contribution in [0.1, 0.15) is 17.3 Å². The zero-order valence-corrected chi connectivity index (χ0v) is 13.3. The second-order valence-corrected chi connectivity index (χ2v) is 6.50. The number of likely N-dealkylation sites (N-methyl/N-ethyl adjacent to an activating group) is 1. The number of hydrogen-bond acceptors (Lipinski definition) is 4. The summed E-state index contributed by atoms with van der Waals surface area (Å²) in [6.45, 7) is 0.705. The summed E-state index contributed by atoms with van der Waals surface area (Å²) in [5.41, 5.74) is 0. The summed E-state index contributed by atoms with van der Waals surface area (Å²) < 4.78 is 0. The molecule has 116 valence electrons. The van der Waals surface area contributed by atoms with Gasteiger partial charge in [-0.1, -0.05) is 18.2 Å². The first-order valence-corrected chi connectivity index (χ1v) is 8.01. The molecule has 0 spiro atoms. The first-order valence-electron chi connectivity index (χ1n) is 7.13. The Morgan fingerprint density at radius 2 is 2.33 bits per heavy atom. The lowest BCUT2D eigenvalue weighted by atomic mass is 10.1. The summed E-state index contributed by atoms with van der Waals surface area (Å²) in [5.74, 6) is 0.163. The van der Waals surface area contributed by atoms with E-state index < -0.39 is 0 Å². The van der Waals surface area contributed by atoms with Crippen LogP contribution in [0.25, 0.3) is 0 Å². The number of hydrogen-bond donors (Lipinski definition) is 3. The minimum absolute atomic E-state index is 0.0155. The monoisotopic (exact) mass is 309 g/mol. The molecule has 0 bridgehead atoms. The lowest BCUT2D eigenvalue weighted by molar-refractivity contribution is 0.226. The van der Waals surface area contributed by atoms with E-state index in [0.717, 1.165) is 6.42 Å². The van der Waals surface area contributed by atoms with E-state index in [1.807, 2.05) is 37.7 Å². The third kappa shape index (κ3) is 4.56. The van der Waals surface area contributed by atoms with Crippen molar-refractivity contribution in [3.8, 4) is 0 Å². The van der Waals surface area contributed by atoms with Crippen molar-refractivity contribution in [3.05, 3.63) is 34.5 Å². The van der Waals surface area contributed by atoms with E-state index >= 15 is 0 Å². The van der Waals surface area contributed by atoms with Crippen LogP contribution in [-0.2, 0) is 0 Å². The molecule has 1 heterocycles. The van der Waals surface area contributed by atoms with Crippen LogP contribution < -0.4 is 10.6 Å². The van der Waals surface area contributed by atoms with Gasteiger partial charge in [-0.25, -0.2) is 4.79 Å². The third-order valence-electron chi connectivity index (χ3n) is 3.67. The lowest BCUT2D eigenvalue weighted by Gasteiger charge is -2.24. The summed E-state index contributed by atoms with van der Waals surface area (Å²) in [4.78, 5) is 15.3. The predicted molar refractivity (Wildman–Crippen MR) is 85.4 cm³/mol. The maximum Gasteiger partial charge on any atom is 0.315 e. The van der Waals surface area contributed by atoms with Crippen LogP contribution in [0.15, 0.2) is 29.7 Å². The van der Waals surface area contributed by atoms with E-state index in [4.69, 9.17) is 5.11 Å². The standard InChI is InChI=1S/C15H23N3O2S/c1-18(2)13(14-4-3-7-21-14)9-16-15(20)17-12-6-5-11(8-12)10-19/h3-7,11-13,19H,8-10H2,1-2H3,(H2,16,17,20)/t11-,12+,13?/m0/s1. The van der Waals surface area contributed by atoms with Gasteiger partial charge in [0, 0.05) is 30.0 Å². The molecular formula is C15H23N3O2S. The van der Waals surface area contributed by atoms with Crippen LogP contribution in [0.3, 0.4) is 0 Å². The molecule has 5 nitrogen and oxygen atoms in total. The number of aliphatic hydroxyl groups excluding tert-OH is 1. The van der Waals surface area contributed by atoms with E-state index in [1.54, 1.807) is 11.3 Å². The molecule has 21 heavy (non-hydrogen) atoms. The normalized spacial score (nSPS) is 22.5. The highest BCUT2D eigenvalue weighted by molar-refractivity contribution is 7.10. The van der Waals surface area contributed by atoms with E-state index in [2.05, 4.69) is 21.6 Å². The summed E-state index contributed by atoms with van der Waals surface area (Å²) in [6.07, 6.45) is 4.67. The number of nitrogens with zero attached hydrogens (tertiary/aromatic N) is 1. The lowest BCUT2D eigenvalue weighted by Crippen LogP contribution is -2.43. The number of carbonyl (C=O) groups is 1. The van der Waals surface area contributed by atoms with E-state index in [0.29, 0.717) is 6.54 Å². The number of carbonyl (C=O) groups excluding carboxylic acids is 1. The molecule has 3 atom stereocenters. The molecule has 0 aliphatic heterocycles. The van der Waals surface area contributed by atoms with Crippen LogP contribution in [0, 0.1) is 5.92 Å². The number of thiophene rings is 1. The smallest absolute Gasteiger partial charge is 0.315 e. The predicted octanol–water partition coefficient (Wildman–Crippen LogP) is 1.59. The van der Waals surface area contributed by atoms with Crippen molar-refractivity contribution in [2.75, 3.05) is 27.2 Å². The second-order valence-electron chi connectivity index (χ2n) is 5.52. The van der Waals surface area contributed by atoms with Gasteiger partial charge in [-0.05, 0) is 32.0 Å². The minimum atomic E-state index is -0.161. The Morgan fingerprint density at radius 3 is 2.90 bits per heavy atom. The van der Waals surface area contributed by atoms with Crippen molar-refractivity contribution in [2.24, 2.45) is 5.92 Å². The molecule has 6 heteroatoms. The van der Waals surface area contributed by atoms with E-state index in [9.17, 15) is 4.79 Å². The van der Waals surface area contributed by atoms with Gasteiger partial charge >= 0.3 is 6.03 Å². The Labute approximate surface area is 129 Å². The molecule has 3 N–H and O–H groups in total. The maximum absolute atomic E-state index is 12.0. The number of nitrogens with one attached hydrogen (secondary N) is 2. The zero-order valence-electron chi connectivity index (χ0n) is 12.5. The number of amides is 2. The summed E-state index contributed by atoms with van der Waals surface area (Å²) >= 11 is 1.69. The molecular weight excluding hydrogens is 286 g/mol. The van der Waals surface area contributed by atoms with Crippen LogP contribution in [0.4, 0.5) is 4.79 Å². The van der Waals surface area contributed by atoms with Crippen molar-refractivity contribution in [3.63, 3.8) is 0 Å². The average Bonchev–Trinajstić information content (AvgIpc) is 3.10. The van der Waals surface area contributed by atoms with Gasteiger partial charge in [0.25, 0.3) is 0 Å². The van der Waals surface area contributed by atoms with Gasteiger partial charge in [0.2, 0.25) is 0 Å². The Hall–Kier alpha value is -1.37. The van der Waals surface area contributed by atoms with Gasteiger partial charge in [-0.3, -0.25) is 0 Å². The highest BCUT2D eigenvalue weighted by Crippen LogP contribution is 2.22. The number of urea groups is 1. The first kappa shape index (κ1) is 16.0. The van der Waals surface area contributed by atoms with Gasteiger partial charge in [0.15, 0.2) is 0 Å². The van der Waals surface area contributed by atoms with Crippen molar-refractivity contribution < 1.29 is 9.90 Å². The molecule has 0 aromatic carbocycles. The van der Waals surface area contributed by atoms with Gasteiger partial charge in [0.05, 0.1) is 6.04 Å². The molecule has 0 radical (unpaired) electrons. The van der Waals surface area contributed by atoms with Gasteiger partial charge in [-0.15, -0.1) is 11.3 Å². The fourth-order valence-corrected chi connectivity index (χ4v) is 3.37. The molecule has 0 saturated carbocycles. The maximum atomic E-state index is 12.0. The Balaban J connectivity index is 1.79. The van der Waals surface area contributed by atoms with E-state index in [1.165, 1.54) is 4.88 Å². The van der Waals surface area contributed by atoms with Crippen LogP contribution in [-0.4, -0.2) is 49.3 Å². The highest BCUT2D eigenvalue weighted by atomic mass is 32.1. The zero-order chi connectivity index (χ0) is 15.2. The molecule has 1 aliphatic rings. The van der Waals surface area contributed by atoms with Gasteiger partial charge in [0.1, 0.15) is 0 Å². The summed E-state index contributed by atoms with van der Waals surface area (Å²) in [6, 6.07) is 4.14. The quantitative estimate of drug-likeness (QED) is 0.699. The number of rotatable bonds is 6. The molecule has 0 saturated heterocycles. The fourth-order valence-electron chi connectivity index (χ4n) is 2.44. The Kier molecular flexibility index (Phi) is 5.78. The van der Waals surface area contributed by atoms with Crippen molar-refractivity contribution in [1.29, 1.82) is 0 Å². The van der Waals surface area contributed by atoms with Crippen molar-refractivity contribution in [1.82, 2.24) is 15.5 Å². The summed E-state index contributed by atoms with van der Waals surface area (Å²) in [5, 5.41) is 17.0. The average molecular weight is 309 g/mol. The molecule has 1 unspecified atom stereocenters. The SMILES string of the molecule is CN(C)C(CNC(=O)N[C@@H]1C=C[C@H](CO)C1)c1cccs1. The Morgan fingerprint density at radius 1 is 1.52 bits per heavy atom. The molecule has 2 amide bonds. The minimum Gasteiger partial charge on any atom is -0.396 e. The fraction of sp³-hybridized carbons (Fsp3) is 0.533. The van der Waals surface area contributed by atoms with Crippen LogP contribution >= 0.6 is 11.3 Å². The summed E-state index contributed by atoms with van der Waals surface area (Å²) in [7, 11) is 4.02. The first-order chi connectivity index (χ1) is 10.1. The highest BCUT2D eigenvalue weighted by Gasteiger charge is 2.21. The molecule has 1 aromatic heterocycles. The van der Waals surface area contributed by atoms with Crippen molar-refractivity contribution >= 4 is 17.4 Å². The third-order valence-corrected chi connectivity index (χ3v) is 4.65. The van der Waals surface area contributed by atoms with Gasteiger partial charge in [-0.2, -0.15) is 0 Å². The Bertz CT molecular complexity index is 473. The number of aliphatic hydroxyl groups is 1. The molecule has 0 fully saturated rings. The van der Waals surface area contributed by atoms with E-state index in [-0.39, 0.29) is 30.6 Å². The molecule has 1 aliphatic carbocycles. The topological polar surface area (TPSA) is 64.6 Å². The second kappa shape index (κ2) is 7.59. The van der Waals surface area contributed by atoms with Crippen molar-refractivity contribution in [2.45, 2.75) is 18.5 Å². The molecule has 2 rings (SSSR count). The van der Waals surface area contributed by atoms with Crippen LogP contribution in [0.5, 0.6) is 0 Å². The molecule has 1 aromatic rings. The largest absolute Gasteiger partial charge is 0.396 e. The van der Waals surface area contributed by atoms with Gasteiger partial charge < -0.3 is 20.6 Å².